The number of carbonyl (C=O) groups is 1. The molecule has 0 atom stereocenters. The van der Waals surface area contributed by atoms with Crippen molar-refractivity contribution in [2.24, 2.45) is 0 Å². The Hall–Kier alpha value is -3.14. The second-order valence-corrected chi connectivity index (χ2v) is 10.5. The van der Waals surface area contributed by atoms with Gasteiger partial charge < -0.3 is 9.73 Å². The number of oxazole rings is 1. The van der Waals surface area contributed by atoms with E-state index in [1.54, 1.807) is 12.1 Å². The van der Waals surface area contributed by atoms with Crippen LogP contribution in [0.5, 0.6) is 0 Å². The third kappa shape index (κ3) is 5.49. The van der Waals surface area contributed by atoms with Crippen LogP contribution in [0.15, 0.2) is 92.2 Å². The summed E-state index contributed by atoms with van der Waals surface area (Å²) in [7, 11) is -4.05. The Balaban J connectivity index is 1.64. The Bertz CT molecular complexity index is 1420. The number of aromatic nitrogens is 1. The molecule has 0 radical (unpaired) electrons. The van der Waals surface area contributed by atoms with Gasteiger partial charge in [-0.1, -0.05) is 41.1 Å². The summed E-state index contributed by atoms with van der Waals surface area (Å²) in [6.07, 6.45) is 0. The molecular formula is C24H18ClFN2O4S2. The molecule has 0 saturated heterocycles. The molecule has 10 heteroatoms. The fraction of sp³-hybridized carbons (Fsp3) is 0.0833. The number of nitrogens with zero attached hydrogens (tertiary/aromatic N) is 1. The molecule has 3 aromatic carbocycles. The third-order valence-electron chi connectivity index (χ3n) is 4.71. The average Bonchev–Trinajstić information content (AvgIpc) is 3.25. The summed E-state index contributed by atoms with van der Waals surface area (Å²) >= 11 is 6.80. The van der Waals surface area contributed by atoms with Gasteiger partial charge in [0.1, 0.15) is 5.82 Å². The van der Waals surface area contributed by atoms with Crippen molar-refractivity contribution in [2.75, 3.05) is 11.1 Å². The molecule has 1 N–H and O–H groups in total. The Morgan fingerprint density at radius 2 is 1.68 bits per heavy atom. The molecule has 0 bridgehead atoms. The lowest BCUT2D eigenvalue weighted by molar-refractivity contribution is -0.113. The SMILES string of the molecule is Cc1ccc(-c2nc(S(=O)(=O)c3ccc(Cl)cc3)c(SCC(=O)Nc3ccc(F)cc3)o2)cc1. The maximum absolute atomic E-state index is 13.3. The van der Waals surface area contributed by atoms with Crippen molar-refractivity contribution < 1.29 is 22.0 Å². The number of halogens is 2. The number of hydrogen-bond donors (Lipinski definition) is 1. The van der Waals surface area contributed by atoms with Crippen LogP contribution in [0.2, 0.25) is 5.02 Å². The third-order valence-corrected chi connectivity index (χ3v) is 7.71. The van der Waals surface area contributed by atoms with E-state index in [0.29, 0.717) is 16.3 Å². The minimum atomic E-state index is -4.05. The van der Waals surface area contributed by atoms with Gasteiger partial charge >= 0.3 is 0 Å². The first-order chi connectivity index (χ1) is 16.2. The van der Waals surface area contributed by atoms with Crippen molar-refractivity contribution in [3.8, 4) is 11.5 Å². The molecule has 0 saturated carbocycles. The number of benzene rings is 3. The van der Waals surface area contributed by atoms with Crippen molar-refractivity contribution in [1.82, 2.24) is 4.98 Å². The van der Waals surface area contributed by atoms with Crippen molar-refractivity contribution in [2.45, 2.75) is 21.9 Å². The molecule has 1 aromatic heterocycles. The molecular weight excluding hydrogens is 499 g/mol. The van der Waals surface area contributed by atoms with E-state index in [1.165, 1.54) is 48.5 Å². The van der Waals surface area contributed by atoms with Crippen LogP contribution < -0.4 is 5.32 Å². The van der Waals surface area contributed by atoms with E-state index in [1.807, 2.05) is 19.1 Å². The monoisotopic (exact) mass is 516 g/mol. The van der Waals surface area contributed by atoms with Crippen LogP contribution in [0.3, 0.4) is 0 Å². The highest BCUT2D eigenvalue weighted by Gasteiger charge is 2.29. The van der Waals surface area contributed by atoms with Crippen LogP contribution in [-0.4, -0.2) is 25.1 Å². The summed E-state index contributed by atoms with van der Waals surface area (Å²) in [4.78, 5) is 16.7. The molecule has 1 amide bonds. The van der Waals surface area contributed by atoms with Crippen LogP contribution in [0.25, 0.3) is 11.5 Å². The number of anilines is 1. The van der Waals surface area contributed by atoms with E-state index in [2.05, 4.69) is 10.3 Å². The number of carbonyl (C=O) groups excluding carboxylic acids is 1. The summed E-state index contributed by atoms with van der Waals surface area (Å²) in [5, 5.41) is 2.72. The first-order valence-electron chi connectivity index (χ1n) is 9.99. The van der Waals surface area contributed by atoms with Crippen molar-refractivity contribution in [3.63, 3.8) is 0 Å². The predicted octanol–water partition coefficient (Wildman–Crippen LogP) is 6.01. The summed E-state index contributed by atoms with van der Waals surface area (Å²) in [6, 6.07) is 18.3. The fourth-order valence-electron chi connectivity index (χ4n) is 2.96. The summed E-state index contributed by atoms with van der Waals surface area (Å²) in [5.74, 6) is -0.869. The Morgan fingerprint density at radius 1 is 1.03 bits per heavy atom. The first-order valence-corrected chi connectivity index (χ1v) is 12.8. The van der Waals surface area contributed by atoms with E-state index >= 15 is 0 Å². The number of sulfone groups is 1. The zero-order chi connectivity index (χ0) is 24.3. The number of nitrogens with one attached hydrogen (secondary N) is 1. The maximum atomic E-state index is 13.3. The van der Waals surface area contributed by atoms with Gasteiger partial charge in [0.15, 0.2) is 0 Å². The molecule has 6 nitrogen and oxygen atoms in total. The van der Waals surface area contributed by atoms with Crippen LogP contribution in [0, 0.1) is 12.7 Å². The van der Waals surface area contributed by atoms with E-state index in [4.69, 9.17) is 16.0 Å². The zero-order valence-corrected chi connectivity index (χ0v) is 20.2. The summed E-state index contributed by atoms with van der Waals surface area (Å²) in [6.45, 7) is 1.93. The number of aryl methyl sites for hydroxylation is 1. The number of hydrogen-bond acceptors (Lipinski definition) is 6. The highest BCUT2D eigenvalue weighted by atomic mass is 35.5. The van der Waals surface area contributed by atoms with Gasteiger partial charge in [0.25, 0.3) is 0 Å². The van der Waals surface area contributed by atoms with Crippen molar-refractivity contribution in [3.05, 3.63) is 89.2 Å². The smallest absolute Gasteiger partial charge is 0.234 e. The highest BCUT2D eigenvalue weighted by Crippen LogP contribution is 2.35. The summed E-state index contributed by atoms with van der Waals surface area (Å²) in [5.41, 5.74) is 2.04. The lowest BCUT2D eigenvalue weighted by Gasteiger charge is -2.05. The fourth-order valence-corrected chi connectivity index (χ4v) is 5.41. The molecule has 0 aliphatic carbocycles. The molecule has 0 aliphatic heterocycles. The highest BCUT2D eigenvalue weighted by molar-refractivity contribution is 8.00. The standard InChI is InChI=1S/C24H18ClFN2O4S2/c1-15-2-4-16(5-3-15)22-28-23(34(30,31)20-12-6-17(25)7-13-20)24(32-22)33-14-21(29)27-19-10-8-18(26)9-11-19/h2-13H,14H2,1H3,(H,27,29). The van der Waals surface area contributed by atoms with Crippen LogP contribution in [0.1, 0.15) is 5.56 Å². The molecule has 4 rings (SSSR count). The zero-order valence-electron chi connectivity index (χ0n) is 17.8. The topological polar surface area (TPSA) is 89.3 Å². The average molecular weight is 517 g/mol. The lowest BCUT2D eigenvalue weighted by Crippen LogP contribution is -2.14. The normalized spacial score (nSPS) is 11.4. The van der Waals surface area contributed by atoms with E-state index in [9.17, 15) is 17.6 Å². The van der Waals surface area contributed by atoms with Gasteiger partial charge in [0.2, 0.25) is 31.8 Å². The minimum absolute atomic E-state index is 0.00160. The van der Waals surface area contributed by atoms with E-state index in [0.717, 1.165) is 17.3 Å². The Kier molecular flexibility index (Phi) is 7.06. The minimum Gasteiger partial charge on any atom is -0.428 e. The molecule has 1 heterocycles. The quantitative estimate of drug-likeness (QED) is 0.303. The number of thioether (sulfide) groups is 1. The molecule has 4 aromatic rings. The molecule has 174 valence electrons. The van der Waals surface area contributed by atoms with Gasteiger partial charge in [-0.2, -0.15) is 4.98 Å². The molecule has 34 heavy (non-hydrogen) atoms. The Morgan fingerprint density at radius 3 is 2.32 bits per heavy atom. The van der Waals surface area contributed by atoms with Crippen LogP contribution in [0.4, 0.5) is 10.1 Å². The molecule has 0 spiro atoms. The second kappa shape index (κ2) is 10.0. The van der Waals surface area contributed by atoms with Crippen LogP contribution >= 0.6 is 23.4 Å². The predicted molar refractivity (Wildman–Crippen MR) is 129 cm³/mol. The number of rotatable bonds is 7. The molecule has 0 fully saturated rings. The van der Waals surface area contributed by atoms with Gasteiger partial charge in [0.05, 0.1) is 10.6 Å². The second-order valence-electron chi connectivity index (χ2n) is 7.28. The Labute approximate surface area is 205 Å². The first kappa shape index (κ1) is 24.0. The number of amides is 1. The van der Waals surface area contributed by atoms with E-state index < -0.39 is 21.6 Å². The van der Waals surface area contributed by atoms with Crippen molar-refractivity contribution in [1.29, 1.82) is 0 Å². The van der Waals surface area contributed by atoms with E-state index in [-0.39, 0.29) is 26.7 Å². The van der Waals surface area contributed by atoms with Crippen LogP contribution in [-0.2, 0) is 14.6 Å². The van der Waals surface area contributed by atoms with Crippen molar-refractivity contribution >= 4 is 44.8 Å². The summed E-state index contributed by atoms with van der Waals surface area (Å²) < 4.78 is 45.5. The van der Waals surface area contributed by atoms with Gasteiger partial charge in [-0.3, -0.25) is 4.79 Å². The van der Waals surface area contributed by atoms with Gasteiger partial charge in [-0.25, -0.2) is 12.8 Å². The van der Waals surface area contributed by atoms with Gasteiger partial charge in [-0.05, 0) is 67.6 Å². The van der Waals surface area contributed by atoms with Gasteiger partial charge in [0, 0.05) is 16.3 Å². The van der Waals surface area contributed by atoms with Gasteiger partial charge in [-0.15, -0.1) is 0 Å². The lowest BCUT2D eigenvalue weighted by atomic mass is 10.1. The largest absolute Gasteiger partial charge is 0.428 e. The molecule has 0 aliphatic rings. The molecule has 0 unspecified atom stereocenters. The maximum Gasteiger partial charge on any atom is 0.234 e.